The Kier molecular flexibility index (Phi) is 7.90. The number of aromatic nitrogens is 3. The van der Waals surface area contributed by atoms with E-state index in [1.54, 1.807) is 19.2 Å². The molecule has 1 aromatic heterocycles. The van der Waals surface area contributed by atoms with E-state index in [9.17, 15) is 10.1 Å². The first-order valence-electron chi connectivity index (χ1n) is 11.5. The smallest absolute Gasteiger partial charge is 0.220 e. The molecule has 186 valence electrons. The molecule has 0 bridgehead atoms. The van der Waals surface area contributed by atoms with E-state index in [1.807, 2.05) is 60.0 Å². The highest BCUT2D eigenvalue weighted by molar-refractivity contribution is 7.99. The molecule has 0 aliphatic heterocycles. The van der Waals surface area contributed by atoms with Gasteiger partial charge in [-0.1, -0.05) is 54.2 Å². The van der Waals surface area contributed by atoms with Gasteiger partial charge in [0.2, 0.25) is 6.54 Å². The van der Waals surface area contributed by atoms with Gasteiger partial charge in [-0.2, -0.15) is 0 Å². The van der Waals surface area contributed by atoms with Gasteiger partial charge in [0.25, 0.3) is 0 Å². The number of hydrogen-bond acceptors (Lipinski definition) is 7. The van der Waals surface area contributed by atoms with Crippen LogP contribution in [-0.2, 0) is 6.61 Å². The fourth-order valence-corrected chi connectivity index (χ4v) is 4.96. The largest absolute Gasteiger partial charge is 0.493 e. The maximum Gasteiger partial charge on any atom is 0.220 e. The van der Waals surface area contributed by atoms with Crippen molar-refractivity contribution in [1.29, 1.82) is 0 Å². The fraction of sp³-hybridized carbons (Fsp3) is 0.259. The first-order chi connectivity index (χ1) is 17.4. The second-order valence-corrected chi connectivity index (χ2v) is 9.61. The second-order valence-electron chi connectivity index (χ2n) is 8.44. The highest BCUT2D eigenvalue weighted by Crippen LogP contribution is 2.39. The number of aryl methyl sites for hydroxylation is 3. The van der Waals surface area contributed by atoms with E-state index in [0.717, 1.165) is 22.4 Å². The van der Waals surface area contributed by atoms with Gasteiger partial charge >= 0.3 is 0 Å². The molecule has 8 nitrogen and oxygen atoms in total. The minimum Gasteiger partial charge on any atom is -0.493 e. The van der Waals surface area contributed by atoms with Crippen molar-refractivity contribution < 1.29 is 14.4 Å². The molecule has 0 spiro atoms. The molecule has 36 heavy (non-hydrogen) atoms. The van der Waals surface area contributed by atoms with Crippen LogP contribution in [0.2, 0.25) is 0 Å². The van der Waals surface area contributed by atoms with E-state index in [-0.39, 0.29) is 11.5 Å². The molecule has 0 radical (unpaired) electrons. The van der Waals surface area contributed by atoms with Crippen LogP contribution in [-0.4, -0.2) is 33.3 Å². The van der Waals surface area contributed by atoms with Gasteiger partial charge in [-0.25, -0.2) is 0 Å². The topological polar surface area (TPSA) is 92.3 Å². The van der Waals surface area contributed by atoms with Crippen LogP contribution in [0.1, 0.15) is 33.3 Å². The first kappa shape index (κ1) is 25.2. The van der Waals surface area contributed by atoms with Gasteiger partial charge in [0.1, 0.15) is 17.7 Å². The van der Waals surface area contributed by atoms with Crippen molar-refractivity contribution in [1.82, 2.24) is 14.8 Å². The van der Waals surface area contributed by atoms with Crippen LogP contribution >= 0.6 is 11.8 Å². The van der Waals surface area contributed by atoms with Crippen LogP contribution in [0, 0.1) is 30.9 Å². The molecule has 0 aliphatic rings. The zero-order valence-corrected chi connectivity index (χ0v) is 21.5. The van der Waals surface area contributed by atoms with Gasteiger partial charge in [-0.15, -0.1) is 10.2 Å². The second kappa shape index (κ2) is 11.3. The summed E-state index contributed by atoms with van der Waals surface area (Å²) in [6.07, 6.45) is 0. The molecule has 1 heterocycles. The summed E-state index contributed by atoms with van der Waals surface area (Å²) < 4.78 is 13.5. The lowest BCUT2D eigenvalue weighted by Gasteiger charge is -2.17. The Labute approximate surface area is 214 Å². The van der Waals surface area contributed by atoms with Crippen LogP contribution in [0.25, 0.3) is 5.69 Å². The molecule has 4 aromatic rings. The number of nitrogens with zero attached hydrogens (tertiary/aromatic N) is 4. The summed E-state index contributed by atoms with van der Waals surface area (Å²) in [7, 11) is 1.56. The average molecular weight is 505 g/mol. The van der Waals surface area contributed by atoms with Crippen molar-refractivity contribution in [2.75, 3.05) is 13.7 Å². The number of methoxy groups -OCH3 is 1. The van der Waals surface area contributed by atoms with E-state index >= 15 is 0 Å². The Morgan fingerprint density at radius 1 is 0.972 bits per heavy atom. The number of nitro groups is 1. The van der Waals surface area contributed by atoms with Crippen molar-refractivity contribution in [3.8, 4) is 17.2 Å². The summed E-state index contributed by atoms with van der Waals surface area (Å²) in [6, 6.07) is 21.4. The molecule has 0 aliphatic carbocycles. The van der Waals surface area contributed by atoms with Gasteiger partial charge in [0.15, 0.2) is 16.7 Å². The summed E-state index contributed by atoms with van der Waals surface area (Å²) >= 11 is 1.31. The van der Waals surface area contributed by atoms with Gasteiger partial charge in [0.05, 0.1) is 7.11 Å². The number of benzene rings is 3. The molecular weight excluding hydrogens is 476 g/mol. The van der Waals surface area contributed by atoms with Crippen LogP contribution in [0.3, 0.4) is 0 Å². The van der Waals surface area contributed by atoms with Crippen LogP contribution < -0.4 is 9.47 Å². The molecule has 0 N–H and O–H groups in total. The van der Waals surface area contributed by atoms with Crippen molar-refractivity contribution in [2.45, 2.75) is 37.8 Å². The highest BCUT2D eigenvalue weighted by atomic mass is 32.2. The first-order valence-corrected chi connectivity index (χ1v) is 12.4. The van der Waals surface area contributed by atoms with Crippen LogP contribution in [0.4, 0.5) is 0 Å². The lowest BCUT2D eigenvalue weighted by atomic mass is 10.1. The summed E-state index contributed by atoms with van der Waals surface area (Å²) in [5, 5.41) is 20.3. The number of thioether (sulfide) groups is 1. The normalized spacial score (nSPS) is 11.8. The Hall–Kier alpha value is -3.85. The molecule has 4 rings (SSSR count). The van der Waals surface area contributed by atoms with E-state index in [1.165, 1.54) is 17.3 Å². The monoisotopic (exact) mass is 504 g/mol. The Bertz CT molecular complexity index is 1360. The fourth-order valence-electron chi connectivity index (χ4n) is 3.79. The average Bonchev–Trinajstić information content (AvgIpc) is 3.24. The molecule has 0 saturated heterocycles. The van der Waals surface area contributed by atoms with Gasteiger partial charge in [-0.3, -0.25) is 14.7 Å². The zero-order valence-electron chi connectivity index (χ0n) is 20.7. The summed E-state index contributed by atoms with van der Waals surface area (Å²) in [6.45, 7) is 6.09. The van der Waals surface area contributed by atoms with Crippen LogP contribution in [0.5, 0.6) is 11.5 Å². The van der Waals surface area contributed by atoms with Crippen LogP contribution in [0.15, 0.2) is 71.9 Å². The van der Waals surface area contributed by atoms with Crippen molar-refractivity contribution in [3.63, 3.8) is 0 Å². The van der Waals surface area contributed by atoms with Crippen molar-refractivity contribution >= 4 is 11.8 Å². The van der Waals surface area contributed by atoms with E-state index in [4.69, 9.17) is 9.47 Å². The third-order valence-corrected chi connectivity index (χ3v) is 7.08. The summed E-state index contributed by atoms with van der Waals surface area (Å²) in [5.41, 5.74) is 5.03. The predicted molar refractivity (Wildman–Crippen MR) is 140 cm³/mol. The maximum absolute atomic E-state index is 11.6. The SMILES string of the molecule is COc1cc([C@H](C[N+](=O)[O-])Sc2nnc(C)n2-c2ccc(C)c(C)c2)ccc1OCc1ccccc1. The highest BCUT2D eigenvalue weighted by Gasteiger charge is 2.25. The van der Waals surface area contributed by atoms with E-state index in [2.05, 4.69) is 30.1 Å². The van der Waals surface area contributed by atoms with Gasteiger partial charge in [0, 0.05) is 10.6 Å². The lowest BCUT2D eigenvalue weighted by Crippen LogP contribution is -2.11. The number of ether oxygens (including phenoxy) is 2. The standard InChI is InChI=1S/C27H28N4O4S/c1-18-10-12-23(14-19(18)2)31-20(3)28-29-27(31)36-26(16-30(32)33)22-11-13-24(25(15-22)34-4)35-17-21-8-6-5-7-9-21/h5-15,26H,16-17H2,1-4H3/t26-/m0/s1. The number of hydrogen-bond donors (Lipinski definition) is 0. The molecule has 3 aromatic carbocycles. The van der Waals surface area contributed by atoms with Gasteiger partial charge in [-0.05, 0) is 67.3 Å². The maximum atomic E-state index is 11.6. The van der Waals surface area contributed by atoms with E-state index < -0.39 is 5.25 Å². The zero-order chi connectivity index (χ0) is 25.7. The lowest BCUT2D eigenvalue weighted by molar-refractivity contribution is -0.479. The third kappa shape index (κ3) is 5.85. The molecule has 9 heteroatoms. The predicted octanol–water partition coefficient (Wildman–Crippen LogP) is 5.89. The molecule has 0 unspecified atom stereocenters. The molecule has 0 saturated carbocycles. The summed E-state index contributed by atoms with van der Waals surface area (Å²) in [4.78, 5) is 11.3. The molecule has 1 atom stereocenters. The Morgan fingerprint density at radius 2 is 1.75 bits per heavy atom. The van der Waals surface area contributed by atoms with Crippen molar-refractivity contribution in [2.24, 2.45) is 0 Å². The molecular formula is C27H28N4O4S. The number of rotatable bonds is 10. The minimum atomic E-state index is -0.508. The summed E-state index contributed by atoms with van der Waals surface area (Å²) in [5.74, 6) is 1.80. The third-order valence-electron chi connectivity index (χ3n) is 5.90. The van der Waals surface area contributed by atoms with Crippen molar-refractivity contribution in [3.05, 3.63) is 105 Å². The quantitative estimate of drug-likeness (QED) is 0.151. The minimum absolute atomic E-state index is 0.281. The Balaban J connectivity index is 1.62. The van der Waals surface area contributed by atoms with E-state index in [0.29, 0.717) is 29.1 Å². The molecule has 0 amide bonds. The molecule has 0 fully saturated rings. The van der Waals surface area contributed by atoms with Gasteiger partial charge < -0.3 is 9.47 Å². The Morgan fingerprint density at radius 3 is 2.44 bits per heavy atom.